The zero-order chi connectivity index (χ0) is 21.0. The van der Waals surface area contributed by atoms with Crippen LogP contribution in [0.25, 0.3) is 0 Å². The molecule has 6 nitrogen and oxygen atoms in total. The molecule has 2 aromatic rings. The summed E-state index contributed by atoms with van der Waals surface area (Å²) in [5.74, 6) is -0.308. The van der Waals surface area contributed by atoms with Crippen LogP contribution < -0.4 is 15.8 Å². The summed E-state index contributed by atoms with van der Waals surface area (Å²) in [5, 5.41) is 2.63. The van der Waals surface area contributed by atoms with Gasteiger partial charge in [-0.3, -0.25) is 9.59 Å². The summed E-state index contributed by atoms with van der Waals surface area (Å²) in [6.07, 6.45) is 3.22. The first-order valence-electron chi connectivity index (χ1n) is 9.73. The van der Waals surface area contributed by atoms with Crippen molar-refractivity contribution in [3.63, 3.8) is 0 Å². The third-order valence-electron chi connectivity index (χ3n) is 5.03. The minimum Gasteiger partial charge on any atom is -0.483 e. The Hall–Kier alpha value is -3.09. The van der Waals surface area contributed by atoms with Crippen molar-refractivity contribution in [2.24, 2.45) is 0 Å². The van der Waals surface area contributed by atoms with E-state index in [1.54, 1.807) is 12.1 Å². The lowest BCUT2D eigenvalue weighted by atomic mass is 10.0. The average molecular weight is 399 g/mol. The zero-order valence-corrected chi connectivity index (χ0v) is 16.8. The Morgan fingerprint density at radius 3 is 2.41 bits per heavy atom. The lowest BCUT2D eigenvalue weighted by molar-refractivity contribution is -0.134. The van der Waals surface area contributed by atoms with Gasteiger partial charge < -0.3 is 20.7 Å². The fourth-order valence-corrected chi connectivity index (χ4v) is 3.51. The summed E-state index contributed by atoms with van der Waals surface area (Å²) in [6.45, 7) is 5.18. The van der Waals surface area contributed by atoms with Crippen LogP contribution in [-0.2, 0) is 4.79 Å². The van der Waals surface area contributed by atoms with Crippen molar-refractivity contribution in [3.8, 4) is 5.75 Å². The molecule has 0 radical (unpaired) electrons. The lowest BCUT2D eigenvalue weighted by Gasteiger charge is -2.26. The molecule has 0 spiro atoms. The number of hydrogen-bond donors (Lipinski definition) is 2. The topological polar surface area (TPSA) is 84.7 Å². The van der Waals surface area contributed by atoms with Crippen molar-refractivity contribution in [1.29, 1.82) is 0 Å². The molecule has 0 atom stereocenters. The normalized spacial score (nSPS) is 13.8. The fourth-order valence-electron chi connectivity index (χ4n) is 3.51. The molecular formula is C22H26FN3O3. The summed E-state index contributed by atoms with van der Waals surface area (Å²) in [7, 11) is 0. The number of nitrogens with one attached hydrogen (secondary N) is 1. The van der Waals surface area contributed by atoms with Gasteiger partial charge >= 0.3 is 0 Å². The van der Waals surface area contributed by atoms with Crippen molar-refractivity contribution in [3.05, 3.63) is 52.8 Å². The van der Waals surface area contributed by atoms with Crippen LogP contribution in [0, 0.1) is 19.7 Å². The molecule has 7 heteroatoms. The van der Waals surface area contributed by atoms with Gasteiger partial charge in [-0.2, -0.15) is 0 Å². The SMILES string of the molecule is Cc1cc(C(=O)Nc2cc(F)ccc2N)cc(C)c1OCC(=O)N1CCCCC1. The van der Waals surface area contributed by atoms with E-state index >= 15 is 0 Å². The summed E-state index contributed by atoms with van der Waals surface area (Å²) in [6, 6.07) is 7.17. The number of likely N-dealkylation sites (tertiary alicyclic amines) is 1. The molecule has 3 rings (SSSR count). The van der Waals surface area contributed by atoms with Crippen LogP contribution in [0.4, 0.5) is 15.8 Å². The van der Waals surface area contributed by atoms with Gasteiger partial charge in [0.2, 0.25) is 0 Å². The first kappa shape index (κ1) is 20.6. The minimum atomic E-state index is -0.482. The van der Waals surface area contributed by atoms with E-state index in [9.17, 15) is 14.0 Å². The van der Waals surface area contributed by atoms with Crippen LogP contribution >= 0.6 is 0 Å². The van der Waals surface area contributed by atoms with E-state index < -0.39 is 11.7 Å². The van der Waals surface area contributed by atoms with Crippen molar-refractivity contribution in [1.82, 2.24) is 4.90 Å². The van der Waals surface area contributed by atoms with Crippen LogP contribution in [0.3, 0.4) is 0 Å². The molecule has 1 aliphatic rings. The third kappa shape index (κ3) is 5.04. The molecule has 1 saturated heterocycles. The number of ether oxygens (including phenoxy) is 1. The minimum absolute atomic E-state index is 0.0208. The second-order valence-electron chi connectivity index (χ2n) is 7.35. The number of nitrogens with zero attached hydrogens (tertiary/aromatic N) is 1. The van der Waals surface area contributed by atoms with Crippen LogP contribution in [0.5, 0.6) is 5.75 Å². The first-order valence-corrected chi connectivity index (χ1v) is 9.73. The van der Waals surface area contributed by atoms with E-state index in [0.29, 0.717) is 11.3 Å². The second-order valence-corrected chi connectivity index (χ2v) is 7.35. The van der Waals surface area contributed by atoms with Crippen molar-refractivity contribution < 1.29 is 18.7 Å². The number of halogens is 1. The van der Waals surface area contributed by atoms with Gasteiger partial charge in [-0.15, -0.1) is 0 Å². The number of carbonyl (C=O) groups is 2. The van der Waals surface area contributed by atoms with E-state index in [4.69, 9.17) is 10.5 Å². The Morgan fingerprint density at radius 2 is 1.76 bits per heavy atom. The van der Waals surface area contributed by atoms with Gasteiger partial charge in [0.1, 0.15) is 11.6 Å². The van der Waals surface area contributed by atoms with E-state index in [1.807, 2.05) is 18.7 Å². The maximum Gasteiger partial charge on any atom is 0.260 e. The number of nitrogen functional groups attached to an aromatic ring is 1. The number of carbonyl (C=O) groups excluding carboxylic acids is 2. The molecule has 0 aromatic heterocycles. The molecule has 0 unspecified atom stereocenters. The van der Waals surface area contributed by atoms with Gasteiger partial charge in [-0.25, -0.2) is 4.39 Å². The molecule has 29 heavy (non-hydrogen) atoms. The van der Waals surface area contributed by atoms with Crippen LogP contribution in [-0.4, -0.2) is 36.4 Å². The predicted octanol–water partition coefficient (Wildman–Crippen LogP) is 3.67. The van der Waals surface area contributed by atoms with Crippen molar-refractivity contribution in [2.75, 3.05) is 30.7 Å². The van der Waals surface area contributed by atoms with Gasteiger partial charge in [0, 0.05) is 18.7 Å². The molecule has 154 valence electrons. The highest BCUT2D eigenvalue weighted by Crippen LogP contribution is 2.26. The molecule has 1 heterocycles. The van der Waals surface area contributed by atoms with E-state index in [-0.39, 0.29) is 23.9 Å². The molecule has 1 fully saturated rings. The highest BCUT2D eigenvalue weighted by Gasteiger charge is 2.18. The highest BCUT2D eigenvalue weighted by molar-refractivity contribution is 6.06. The summed E-state index contributed by atoms with van der Waals surface area (Å²) in [4.78, 5) is 26.7. The molecule has 0 bridgehead atoms. The zero-order valence-electron chi connectivity index (χ0n) is 16.8. The third-order valence-corrected chi connectivity index (χ3v) is 5.03. The Bertz CT molecular complexity index is 901. The predicted molar refractivity (Wildman–Crippen MR) is 111 cm³/mol. The van der Waals surface area contributed by atoms with Gasteiger partial charge in [-0.1, -0.05) is 0 Å². The number of rotatable bonds is 5. The van der Waals surface area contributed by atoms with Gasteiger partial charge in [0.25, 0.3) is 11.8 Å². The Balaban J connectivity index is 1.69. The summed E-state index contributed by atoms with van der Waals surface area (Å²) in [5.41, 5.74) is 8.18. The standard InChI is InChI=1S/C22H26FN3O3/c1-14-10-16(22(28)25-19-12-17(23)6-7-18(19)24)11-15(2)21(14)29-13-20(27)26-8-4-3-5-9-26/h6-7,10-12H,3-5,8-9,13,24H2,1-2H3,(H,25,28). The second kappa shape index (κ2) is 8.94. The van der Waals surface area contributed by atoms with Gasteiger partial charge in [0.05, 0.1) is 11.4 Å². The maximum absolute atomic E-state index is 13.4. The molecule has 2 aromatic carbocycles. The fraction of sp³-hybridized carbons (Fsp3) is 0.364. The van der Waals surface area contributed by atoms with Crippen LogP contribution in [0.1, 0.15) is 40.7 Å². The van der Waals surface area contributed by atoms with E-state index in [2.05, 4.69) is 5.32 Å². The summed E-state index contributed by atoms with van der Waals surface area (Å²) < 4.78 is 19.2. The Kier molecular flexibility index (Phi) is 6.36. The summed E-state index contributed by atoms with van der Waals surface area (Å²) >= 11 is 0. The molecule has 1 aliphatic heterocycles. The van der Waals surface area contributed by atoms with Gasteiger partial charge in [-0.05, 0) is 74.6 Å². The largest absolute Gasteiger partial charge is 0.483 e. The number of hydrogen-bond acceptors (Lipinski definition) is 4. The van der Waals surface area contributed by atoms with E-state index in [1.165, 1.54) is 18.2 Å². The van der Waals surface area contributed by atoms with Crippen LogP contribution in [0.15, 0.2) is 30.3 Å². The monoisotopic (exact) mass is 399 g/mol. The van der Waals surface area contributed by atoms with Gasteiger partial charge in [0.15, 0.2) is 6.61 Å². The number of nitrogens with two attached hydrogens (primary N) is 1. The molecule has 0 saturated carbocycles. The number of amides is 2. The lowest BCUT2D eigenvalue weighted by Crippen LogP contribution is -2.38. The quantitative estimate of drug-likeness (QED) is 0.752. The molecule has 2 amide bonds. The number of aryl methyl sites for hydroxylation is 2. The first-order chi connectivity index (χ1) is 13.8. The number of benzene rings is 2. The van der Waals surface area contributed by atoms with Crippen molar-refractivity contribution >= 4 is 23.2 Å². The Labute approximate surface area is 169 Å². The number of piperidine rings is 1. The smallest absolute Gasteiger partial charge is 0.260 e. The number of anilines is 2. The molecule has 0 aliphatic carbocycles. The van der Waals surface area contributed by atoms with Crippen molar-refractivity contribution in [2.45, 2.75) is 33.1 Å². The Morgan fingerprint density at radius 1 is 1.10 bits per heavy atom. The molecular weight excluding hydrogens is 373 g/mol. The highest BCUT2D eigenvalue weighted by atomic mass is 19.1. The molecule has 3 N–H and O–H groups in total. The van der Waals surface area contributed by atoms with Crippen LogP contribution in [0.2, 0.25) is 0 Å². The average Bonchev–Trinajstić information content (AvgIpc) is 2.70. The van der Waals surface area contributed by atoms with E-state index in [0.717, 1.165) is 43.5 Å². The maximum atomic E-state index is 13.4.